The second kappa shape index (κ2) is 6.30. The fraction of sp³-hybridized carbons (Fsp3) is 1.00. The van der Waals surface area contributed by atoms with Crippen molar-refractivity contribution >= 4 is 11.8 Å². The third-order valence-corrected chi connectivity index (χ3v) is 4.89. The Morgan fingerprint density at radius 3 is 2.50 bits per heavy atom. The summed E-state index contributed by atoms with van der Waals surface area (Å²) in [5.41, 5.74) is 6.73. The first kappa shape index (κ1) is 14.4. The molecule has 2 N–H and O–H groups in total. The molecule has 0 aromatic heterocycles. The van der Waals surface area contributed by atoms with Crippen LogP contribution in [0.1, 0.15) is 52.9 Å². The summed E-state index contributed by atoms with van der Waals surface area (Å²) in [5, 5.41) is 0. The molecule has 0 aromatic rings. The highest BCUT2D eigenvalue weighted by Crippen LogP contribution is 2.41. The van der Waals surface area contributed by atoms with Crippen molar-refractivity contribution in [2.75, 3.05) is 12.0 Å². The number of rotatable bonds is 4. The van der Waals surface area contributed by atoms with Crippen LogP contribution in [-0.2, 0) is 0 Å². The van der Waals surface area contributed by atoms with Crippen LogP contribution >= 0.6 is 11.8 Å². The van der Waals surface area contributed by atoms with Gasteiger partial charge in [0.25, 0.3) is 0 Å². The molecule has 0 aromatic carbocycles. The van der Waals surface area contributed by atoms with E-state index < -0.39 is 0 Å². The minimum Gasteiger partial charge on any atom is -0.327 e. The maximum atomic E-state index is 6.26. The lowest BCUT2D eigenvalue weighted by Crippen LogP contribution is -2.39. The minimum absolute atomic E-state index is 0.470. The van der Waals surface area contributed by atoms with Gasteiger partial charge in [-0.25, -0.2) is 0 Å². The van der Waals surface area contributed by atoms with Gasteiger partial charge in [0.05, 0.1) is 0 Å². The van der Waals surface area contributed by atoms with Gasteiger partial charge in [-0.1, -0.05) is 20.8 Å². The van der Waals surface area contributed by atoms with Crippen LogP contribution in [0.4, 0.5) is 0 Å². The summed E-state index contributed by atoms with van der Waals surface area (Å²) in [5.74, 6) is 2.96. The van der Waals surface area contributed by atoms with E-state index in [0.29, 0.717) is 11.5 Å². The van der Waals surface area contributed by atoms with E-state index in [1.807, 2.05) is 11.8 Å². The number of thioether (sulfide) groups is 1. The largest absolute Gasteiger partial charge is 0.327 e. The summed E-state index contributed by atoms with van der Waals surface area (Å²) < 4.78 is 0. The average molecular weight is 243 g/mol. The molecule has 1 fully saturated rings. The number of hydrogen-bond acceptors (Lipinski definition) is 2. The van der Waals surface area contributed by atoms with Gasteiger partial charge in [0.15, 0.2) is 0 Å². The van der Waals surface area contributed by atoms with Gasteiger partial charge in [0.1, 0.15) is 0 Å². The first-order valence-corrected chi connectivity index (χ1v) is 8.09. The van der Waals surface area contributed by atoms with Crippen LogP contribution in [0.15, 0.2) is 0 Å². The molecular weight excluding hydrogens is 214 g/mol. The Morgan fingerprint density at radius 2 is 1.94 bits per heavy atom. The molecule has 1 aliphatic rings. The first-order valence-electron chi connectivity index (χ1n) is 6.69. The molecule has 0 amide bonds. The zero-order valence-electron chi connectivity index (χ0n) is 11.5. The van der Waals surface area contributed by atoms with Gasteiger partial charge < -0.3 is 5.73 Å². The van der Waals surface area contributed by atoms with Gasteiger partial charge in [0.2, 0.25) is 0 Å². The highest BCUT2D eigenvalue weighted by molar-refractivity contribution is 7.98. The molecule has 0 aliphatic heterocycles. The SMILES string of the molecule is CSCCCC1CC(C(C)(C)C)CCC1N. The standard InChI is InChI=1S/C14H29NS/c1-14(2,3)12-7-8-13(15)11(10-12)6-5-9-16-4/h11-13H,5-10,15H2,1-4H3. The quantitative estimate of drug-likeness (QED) is 0.757. The smallest absolute Gasteiger partial charge is 0.00673 e. The maximum absolute atomic E-state index is 6.26. The van der Waals surface area contributed by atoms with Crippen molar-refractivity contribution < 1.29 is 0 Å². The van der Waals surface area contributed by atoms with Crippen LogP contribution in [0.2, 0.25) is 0 Å². The lowest BCUT2D eigenvalue weighted by atomic mass is 9.67. The van der Waals surface area contributed by atoms with Crippen molar-refractivity contribution in [3.8, 4) is 0 Å². The van der Waals surface area contributed by atoms with Crippen molar-refractivity contribution in [2.24, 2.45) is 23.0 Å². The molecule has 3 unspecified atom stereocenters. The van der Waals surface area contributed by atoms with E-state index in [1.54, 1.807) is 0 Å². The van der Waals surface area contributed by atoms with Crippen LogP contribution in [0.5, 0.6) is 0 Å². The Morgan fingerprint density at radius 1 is 1.25 bits per heavy atom. The summed E-state index contributed by atoms with van der Waals surface area (Å²) >= 11 is 1.96. The maximum Gasteiger partial charge on any atom is 0.00673 e. The normalized spacial score (nSPS) is 31.7. The third kappa shape index (κ3) is 4.29. The Bertz CT molecular complexity index is 197. The second-order valence-electron chi connectivity index (χ2n) is 6.43. The van der Waals surface area contributed by atoms with E-state index in [-0.39, 0.29) is 0 Å². The minimum atomic E-state index is 0.470. The fourth-order valence-electron chi connectivity index (χ4n) is 2.90. The second-order valence-corrected chi connectivity index (χ2v) is 7.42. The Balaban J connectivity index is 2.42. The monoisotopic (exact) mass is 243 g/mol. The lowest BCUT2D eigenvalue weighted by molar-refractivity contribution is 0.122. The molecule has 1 saturated carbocycles. The van der Waals surface area contributed by atoms with Gasteiger partial charge in [-0.2, -0.15) is 11.8 Å². The van der Waals surface area contributed by atoms with Crippen LogP contribution < -0.4 is 5.73 Å². The predicted octanol–water partition coefficient (Wildman–Crippen LogP) is 3.92. The number of nitrogens with two attached hydrogens (primary N) is 1. The molecule has 0 heterocycles. The number of hydrogen-bond donors (Lipinski definition) is 1. The molecule has 96 valence electrons. The molecule has 0 radical (unpaired) electrons. The van der Waals surface area contributed by atoms with E-state index in [0.717, 1.165) is 11.8 Å². The first-order chi connectivity index (χ1) is 7.45. The van der Waals surface area contributed by atoms with E-state index in [4.69, 9.17) is 5.73 Å². The van der Waals surface area contributed by atoms with E-state index >= 15 is 0 Å². The van der Waals surface area contributed by atoms with Crippen molar-refractivity contribution in [3.63, 3.8) is 0 Å². The molecule has 16 heavy (non-hydrogen) atoms. The molecule has 1 aliphatic carbocycles. The summed E-state index contributed by atoms with van der Waals surface area (Å²) in [6, 6.07) is 0.473. The summed E-state index contributed by atoms with van der Waals surface area (Å²) in [6.45, 7) is 7.15. The topological polar surface area (TPSA) is 26.0 Å². The van der Waals surface area contributed by atoms with Crippen LogP contribution in [0, 0.1) is 17.3 Å². The molecule has 1 rings (SSSR count). The third-order valence-electron chi connectivity index (χ3n) is 4.19. The summed E-state index contributed by atoms with van der Waals surface area (Å²) in [7, 11) is 0. The van der Waals surface area contributed by atoms with Gasteiger partial charge in [-0.3, -0.25) is 0 Å². The van der Waals surface area contributed by atoms with Crippen molar-refractivity contribution in [3.05, 3.63) is 0 Å². The van der Waals surface area contributed by atoms with E-state index in [1.165, 1.54) is 37.9 Å². The van der Waals surface area contributed by atoms with Gasteiger partial charge in [-0.15, -0.1) is 0 Å². The molecular formula is C14H29NS. The molecule has 0 saturated heterocycles. The van der Waals surface area contributed by atoms with Crippen LogP contribution in [-0.4, -0.2) is 18.1 Å². The summed E-state index contributed by atoms with van der Waals surface area (Å²) in [6.07, 6.45) is 8.82. The van der Waals surface area contributed by atoms with Crippen LogP contribution in [0.25, 0.3) is 0 Å². The Labute approximate surface area is 106 Å². The Kier molecular flexibility index (Phi) is 5.66. The lowest BCUT2D eigenvalue weighted by Gasteiger charge is -2.40. The zero-order chi connectivity index (χ0) is 12.2. The zero-order valence-corrected chi connectivity index (χ0v) is 12.3. The van der Waals surface area contributed by atoms with Crippen molar-refractivity contribution in [2.45, 2.75) is 58.9 Å². The molecule has 0 spiro atoms. The molecule has 2 heteroatoms. The highest BCUT2D eigenvalue weighted by Gasteiger charge is 2.33. The summed E-state index contributed by atoms with van der Waals surface area (Å²) in [4.78, 5) is 0. The molecule has 0 bridgehead atoms. The molecule has 3 atom stereocenters. The fourth-order valence-corrected chi connectivity index (χ4v) is 3.35. The van der Waals surface area contributed by atoms with E-state index in [2.05, 4.69) is 27.0 Å². The van der Waals surface area contributed by atoms with Gasteiger partial charge >= 0.3 is 0 Å². The molecule has 1 nitrogen and oxygen atoms in total. The Hall–Kier alpha value is 0.310. The van der Waals surface area contributed by atoms with Crippen molar-refractivity contribution in [1.82, 2.24) is 0 Å². The van der Waals surface area contributed by atoms with Crippen molar-refractivity contribution in [1.29, 1.82) is 0 Å². The predicted molar refractivity (Wildman–Crippen MR) is 75.9 cm³/mol. The highest BCUT2D eigenvalue weighted by atomic mass is 32.2. The van der Waals surface area contributed by atoms with Crippen LogP contribution in [0.3, 0.4) is 0 Å². The van der Waals surface area contributed by atoms with Gasteiger partial charge in [0, 0.05) is 6.04 Å². The van der Waals surface area contributed by atoms with Gasteiger partial charge in [-0.05, 0) is 61.4 Å². The van der Waals surface area contributed by atoms with E-state index in [9.17, 15) is 0 Å². The average Bonchev–Trinajstić information content (AvgIpc) is 2.19.